The number of anilines is 5. The third kappa shape index (κ3) is 7.41. The van der Waals surface area contributed by atoms with E-state index in [1.807, 2.05) is 0 Å². The van der Waals surface area contributed by atoms with Gasteiger partial charge in [0.25, 0.3) is 0 Å². The van der Waals surface area contributed by atoms with Crippen molar-refractivity contribution in [2.75, 3.05) is 16.3 Å². The number of fused-ring (bicyclic) bond motifs is 10. The minimum Gasteiger partial charge on any atom is -0.341 e. The predicted molar refractivity (Wildman–Crippen MR) is 305 cm³/mol. The van der Waals surface area contributed by atoms with Crippen molar-refractivity contribution in [3.8, 4) is 33.4 Å². The van der Waals surface area contributed by atoms with Crippen molar-refractivity contribution in [3.63, 3.8) is 0 Å². The zero-order valence-corrected chi connectivity index (χ0v) is 40.4. The van der Waals surface area contributed by atoms with Gasteiger partial charge >= 0.3 is 0 Å². The molecule has 0 fully saturated rings. The van der Waals surface area contributed by atoms with Crippen molar-refractivity contribution >= 4 is 77.1 Å². The minimum absolute atomic E-state index is 0.915. The lowest BCUT2D eigenvalue weighted by molar-refractivity contribution is 0.767. The average molecular weight is 911 g/mol. The molecule has 0 aliphatic carbocycles. The fourth-order valence-corrected chi connectivity index (χ4v) is 11.8. The lowest BCUT2D eigenvalue weighted by atomic mass is 9.81. The lowest BCUT2D eigenvalue weighted by Gasteiger charge is -2.33. The summed E-state index contributed by atoms with van der Waals surface area (Å²) in [6.07, 6.45) is 11.0. The molecule has 2 heterocycles. The Morgan fingerprint density at radius 3 is 1.83 bits per heavy atom. The quantitative estimate of drug-likeness (QED) is 0.111. The van der Waals surface area contributed by atoms with Crippen LogP contribution in [0, 0.1) is 0 Å². The largest absolute Gasteiger partial charge is 0.341 e. The Morgan fingerprint density at radius 2 is 1.07 bits per heavy atom. The molecule has 0 saturated heterocycles. The first kappa shape index (κ1) is 42.6. The fraction of sp³-hybridized carbons (Fsp3) is 0.101. The summed E-state index contributed by atoms with van der Waals surface area (Å²) in [7, 11) is 0. The molecule has 13 rings (SSSR count). The van der Waals surface area contributed by atoms with E-state index in [0.29, 0.717) is 0 Å². The number of nitrogens with zero attached hydrogens (tertiary/aromatic N) is 2. The molecule has 0 atom stereocenters. The number of hydrogen-bond donors (Lipinski definition) is 0. The van der Waals surface area contributed by atoms with Gasteiger partial charge in [-0.1, -0.05) is 177 Å². The second-order valence-electron chi connectivity index (χ2n) is 19.4. The molecule has 0 saturated carbocycles. The van der Waals surface area contributed by atoms with E-state index in [0.717, 1.165) is 37.9 Å². The van der Waals surface area contributed by atoms with E-state index in [9.17, 15) is 0 Å². The highest BCUT2D eigenvalue weighted by Gasteiger charge is 2.27. The SMILES string of the molecule is CC/C=C\C=C(/C)c1cc(-c2ccccc2)c(-c2ccccc2)c2c3ccc(N4c5ccccc5Cc5ccccc54)cc3c3cc(-c4ccc5cc(N6CCCc7ccccc76)ccc5c4)ccc3c12. The first-order chi connectivity index (χ1) is 35.1. The number of hydrogen-bond acceptors (Lipinski definition) is 2. The summed E-state index contributed by atoms with van der Waals surface area (Å²) >= 11 is 0. The molecular weight excluding hydrogens is 857 g/mol. The van der Waals surface area contributed by atoms with Gasteiger partial charge < -0.3 is 9.80 Å². The first-order valence-corrected chi connectivity index (χ1v) is 25.4. The maximum atomic E-state index is 2.50. The zero-order valence-electron chi connectivity index (χ0n) is 40.4. The van der Waals surface area contributed by atoms with Crippen LogP contribution in [-0.2, 0) is 12.8 Å². The van der Waals surface area contributed by atoms with Crippen LogP contribution in [0.25, 0.3) is 82.0 Å². The summed E-state index contributed by atoms with van der Waals surface area (Å²) in [6, 6.07) is 79.9. The van der Waals surface area contributed by atoms with Gasteiger partial charge in [0, 0.05) is 41.4 Å². The third-order valence-corrected chi connectivity index (χ3v) is 15.2. The highest BCUT2D eigenvalue weighted by molar-refractivity contribution is 6.32. The van der Waals surface area contributed by atoms with Gasteiger partial charge in [-0.15, -0.1) is 0 Å². The van der Waals surface area contributed by atoms with Crippen molar-refractivity contribution < 1.29 is 0 Å². The van der Waals surface area contributed by atoms with Gasteiger partial charge in [0.15, 0.2) is 0 Å². The summed E-state index contributed by atoms with van der Waals surface area (Å²) in [5.74, 6) is 0. The Morgan fingerprint density at radius 1 is 0.479 bits per heavy atom. The van der Waals surface area contributed by atoms with Gasteiger partial charge in [-0.3, -0.25) is 0 Å². The van der Waals surface area contributed by atoms with Crippen molar-refractivity contribution in [1.82, 2.24) is 0 Å². The Bertz CT molecular complexity index is 3890. The van der Waals surface area contributed by atoms with Gasteiger partial charge in [-0.25, -0.2) is 0 Å². The fourth-order valence-electron chi connectivity index (χ4n) is 11.8. The van der Waals surface area contributed by atoms with E-state index in [1.54, 1.807) is 0 Å². The normalized spacial score (nSPS) is 13.6. The van der Waals surface area contributed by atoms with Crippen LogP contribution in [0.1, 0.15) is 48.9 Å². The van der Waals surface area contributed by atoms with Crippen LogP contribution in [0.15, 0.2) is 231 Å². The number of allylic oxidation sites excluding steroid dienone is 4. The third-order valence-electron chi connectivity index (χ3n) is 15.2. The van der Waals surface area contributed by atoms with Crippen molar-refractivity contribution in [3.05, 3.63) is 253 Å². The van der Waals surface area contributed by atoms with Crippen molar-refractivity contribution in [2.24, 2.45) is 0 Å². The highest BCUT2D eigenvalue weighted by atomic mass is 15.2. The van der Waals surface area contributed by atoms with Crippen LogP contribution in [0.2, 0.25) is 0 Å². The molecule has 0 amide bonds. The Hall–Kier alpha value is -8.46. The zero-order chi connectivity index (χ0) is 47.4. The Kier molecular flexibility index (Phi) is 10.7. The van der Waals surface area contributed by atoms with Gasteiger partial charge in [0.05, 0.1) is 0 Å². The second-order valence-corrected chi connectivity index (χ2v) is 19.4. The molecule has 11 aromatic carbocycles. The number of aryl methyl sites for hydroxylation is 1. The molecule has 2 heteroatoms. The monoisotopic (exact) mass is 910 g/mol. The van der Waals surface area contributed by atoms with Gasteiger partial charge in [-0.2, -0.15) is 0 Å². The predicted octanol–water partition coefficient (Wildman–Crippen LogP) is 19.1. The van der Waals surface area contributed by atoms with Crippen LogP contribution < -0.4 is 9.80 Å². The average Bonchev–Trinajstić information content (AvgIpc) is 3.43. The maximum absolute atomic E-state index is 2.50. The standard InChI is InChI=1S/C69H54N2/c1-3-4-7-19-46(2)60-45-61(47-20-8-5-9-21-47)67(49-23-10-6-11-24-49)69-59-38-36-57(71-65-29-16-13-25-54(65)41-55-26-14-17-30-66(55)71)44-63(59)62-43-53(34-37-58(62)68(60)69)50-31-32-52-42-56(35-33-51(52)40-50)70-39-18-27-48-22-12-15-28-64(48)70/h4-17,19-26,28-38,40,42-45H,3,18,27,39,41H2,1-2H3/b7-4-,46-19+. The van der Waals surface area contributed by atoms with Gasteiger partial charge in [0.1, 0.15) is 0 Å². The Labute approximate surface area is 417 Å². The number of benzene rings is 11. The molecule has 2 aliphatic heterocycles. The molecule has 0 N–H and O–H groups in total. The molecule has 0 spiro atoms. The molecule has 0 radical (unpaired) electrons. The van der Waals surface area contributed by atoms with Crippen LogP contribution in [0.5, 0.6) is 0 Å². The van der Waals surface area contributed by atoms with Crippen LogP contribution in [0.3, 0.4) is 0 Å². The van der Waals surface area contributed by atoms with Crippen LogP contribution >= 0.6 is 0 Å². The number of rotatable bonds is 8. The second kappa shape index (κ2) is 17.8. The summed E-state index contributed by atoms with van der Waals surface area (Å²) in [6.45, 7) is 5.52. The molecule has 0 aromatic heterocycles. The van der Waals surface area contributed by atoms with E-state index >= 15 is 0 Å². The first-order valence-electron chi connectivity index (χ1n) is 25.4. The number of para-hydroxylation sites is 3. The molecule has 0 unspecified atom stereocenters. The minimum atomic E-state index is 0.915. The van der Waals surface area contributed by atoms with E-state index < -0.39 is 0 Å². The summed E-state index contributed by atoms with van der Waals surface area (Å²) in [4.78, 5) is 4.99. The van der Waals surface area contributed by atoms with E-state index in [4.69, 9.17) is 0 Å². The smallest absolute Gasteiger partial charge is 0.0497 e. The van der Waals surface area contributed by atoms with Crippen LogP contribution in [0.4, 0.5) is 28.4 Å². The van der Waals surface area contributed by atoms with Gasteiger partial charge in [-0.05, 0) is 191 Å². The summed E-state index contributed by atoms with van der Waals surface area (Å²) in [5, 5.41) is 10.0. The maximum Gasteiger partial charge on any atom is 0.0497 e. The van der Waals surface area contributed by atoms with Gasteiger partial charge in [0.2, 0.25) is 0 Å². The topological polar surface area (TPSA) is 6.48 Å². The molecule has 0 bridgehead atoms. The molecule has 2 nitrogen and oxygen atoms in total. The van der Waals surface area contributed by atoms with Crippen molar-refractivity contribution in [1.29, 1.82) is 0 Å². The van der Waals surface area contributed by atoms with Crippen molar-refractivity contribution in [2.45, 2.75) is 39.5 Å². The lowest BCUT2D eigenvalue weighted by Crippen LogP contribution is -2.24. The highest BCUT2D eigenvalue weighted by Crippen LogP contribution is 2.51. The molecule has 11 aromatic rings. The molecule has 71 heavy (non-hydrogen) atoms. The van der Waals surface area contributed by atoms with E-state index in [1.165, 1.54) is 127 Å². The molecule has 2 aliphatic rings. The molecule has 340 valence electrons. The Balaban J connectivity index is 1.09. The van der Waals surface area contributed by atoms with Crippen LogP contribution in [-0.4, -0.2) is 6.54 Å². The van der Waals surface area contributed by atoms with E-state index in [2.05, 4.69) is 254 Å². The summed E-state index contributed by atoms with van der Waals surface area (Å²) < 4.78 is 0. The van der Waals surface area contributed by atoms with E-state index in [-0.39, 0.29) is 0 Å². The molecular formula is C69H54N2. The summed E-state index contributed by atoms with van der Waals surface area (Å²) in [5.41, 5.74) is 20.1.